The van der Waals surface area contributed by atoms with Crippen LogP contribution in [0.5, 0.6) is 0 Å². The third-order valence-corrected chi connectivity index (χ3v) is 3.85. The maximum Gasteiger partial charge on any atom is 0.110 e. The molecule has 0 atom stereocenters. The predicted octanol–water partition coefficient (Wildman–Crippen LogP) is 3.78. The maximum absolute atomic E-state index is 8.81. The highest BCUT2D eigenvalue weighted by Crippen LogP contribution is 2.22. The van der Waals surface area contributed by atoms with Crippen LogP contribution in [0.4, 0.5) is 5.69 Å². The van der Waals surface area contributed by atoms with Gasteiger partial charge in [0.05, 0.1) is 11.2 Å². The van der Waals surface area contributed by atoms with Crippen molar-refractivity contribution >= 4 is 27.9 Å². The molecule has 3 aromatic rings. The fourth-order valence-corrected chi connectivity index (χ4v) is 2.71. The van der Waals surface area contributed by atoms with Gasteiger partial charge in [-0.2, -0.15) is 5.26 Å². The van der Waals surface area contributed by atoms with E-state index in [4.69, 9.17) is 5.26 Å². The first-order valence-electron chi connectivity index (χ1n) is 5.93. The second kappa shape index (κ2) is 5.09. The fraction of sp³-hybridized carbons (Fsp3) is 0.0667. The summed E-state index contributed by atoms with van der Waals surface area (Å²) >= 11 is 1.51. The quantitative estimate of drug-likeness (QED) is 0.784. The molecular weight excluding hydrogens is 254 g/mol. The molecule has 19 heavy (non-hydrogen) atoms. The minimum Gasteiger partial charge on any atom is -0.378 e. The summed E-state index contributed by atoms with van der Waals surface area (Å²) in [5.41, 5.74) is 1.99. The number of aromatic nitrogens is 1. The van der Waals surface area contributed by atoms with Crippen molar-refractivity contribution in [1.29, 1.82) is 5.26 Å². The molecular formula is C15H11N3S. The lowest BCUT2D eigenvalue weighted by molar-refractivity contribution is 1.19. The molecule has 4 heteroatoms. The van der Waals surface area contributed by atoms with Gasteiger partial charge < -0.3 is 5.32 Å². The Labute approximate surface area is 115 Å². The zero-order valence-corrected chi connectivity index (χ0v) is 10.9. The zero-order valence-electron chi connectivity index (χ0n) is 10.1. The normalized spacial score (nSPS) is 10.3. The summed E-state index contributed by atoms with van der Waals surface area (Å²) in [4.78, 5) is 6.29. The van der Waals surface area contributed by atoms with E-state index in [9.17, 15) is 0 Å². The molecule has 0 aliphatic heterocycles. The Morgan fingerprint density at radius 1 is 1.16 bits per heavy atom. The van der Waals surface area contributed by atoms with Crippen LogP contribution in [-0.4, -0.2) is 4.98 Å². The minimum absolute atomic E-state index is 0.710. The van der Waals surface area contributed by atoms with Crippen LogP contribution >= 0.6 is 11.3 Å². The summed E-state index contributed by atoms with van der Waals surface area (Å²) in [6.07, 6.45) is 1.80. The van der Waals surface area contributed by atoms with Crippen LogP contribution in [0.25, 0.3) is 10.9 Å². The number of pyridine rings is 1. The molecule has 3 rings (SSSR count). The molecule has 0 radical (unpaired) electrons. The van der Waals surface area contributed by atoms with Crippen molar-refractivity contribution in [2.75, 3.05) is 5.32 Å². The Morgan fingerprint density at radius 2 is 2.05 bits per heavy atom. The lowest BCUT2D eigenvalue weighted by Crippen LogP contribution is -1.98. The summed E-state index contributed by atoms with van der Waals surface area (Å²) in [5, 5.41) is 13.3. The molecule has 0 fully saturated rings. The Morgan fingerprint density at radius 3 is 2.89 bits per heavy atom. The van der Waals surface area contributed by atoms with Gasteiger partial charge in [-0.25, -0.2) is 0 Å². The summed E-state index contributed by atoms with van der Waals surface area (Å²) in [7, 11) is 0. The van der Waals surface area contributed by atoms with Crippen LogP contribution in [-0.2, 0) is 6.54 Å². The lowest BCUT2D eigenvalue weighted by atomic mass is 10.2. The fourth-order valence-electron chi connectivity index (χ4n) is 1.96. The number of fused-ring (bicyclic) bond motifs is 1. The monoisotopic (exact) mass is 265 g/mol. The highest BCUT2D eigenvalue weighted by Gasteiger charge is 2.03. The molecule has 0 aliphatic rings. The van der Waals surface area contributed by atoms with Gasteiger partial charge in [-0.1, -0.05) is 18.2 Å². The molecule has 1 N–H and O–H groups in total. The number of nitrogens with one attached hydrogen (secondary N) is 1. The van der Waals surface area contributed by atoms with Gasteiger partial charge in [0.15, 0.2) is 0 Å². The minimum atomic E-state index is 0.710. The number of para-hydroxylation sites is 1. The van der Waals surface area contributed by atoms with Gasteiger partial charge in [0.1, 0.15) is 10.9 Å². The molecule has 0 amide bonds. The van der Waals surface area contributed by atoms with Crippen LogP contribution in [0.1, 0.15) is 9.75 Å². The molecule has 0 saturated carbocycles. The van der Waals surface area contributed by atoms with Crippen LogP contribution in [0.15, 0.2) is 48.7 Å². The highest BCUT2D eigenvalue weighted by molar-refractivity contribution is 7.12. The van der Waals surface area contributed by atoms with Gasteiger partial charge in [0.25, 0.3) is 0 Å². The second-order valence-corrected chi connectivity index (χ2v) is 5.28. The van der Waals surface area contributed by atoms with E-state index >= 15 is 0 Å². The average molecular weight is 265 g/mol. The Hall–Kier alpha value is -2.38. The van der Waals surface area contributed by atoms with Gasteiger partial charge >= 0.3 is 0 Å². The summed E-state index contributed by atoms with van der Waals surface area (Å²) in [6, 6.07) is 16.1. The molecule has 0 unspecified atom stereocenters. The number of benzene rings is 1. The molecule has 0 bridgehead atoms. The predicted molar refractivity (Wildman–Crippen MR) is 78.1 cm³/mol. The Balaban J connectivity index is 1.84. The van der Waals surface area contributed by atoms with E-state index in [2.05, 4.69) is 16.4 Å². The van der Waals surface area contributed by atoms with E-state index in [0.717, 1.165) is 26.3 Å². The Bertz CT molecular complexity index is 750. The van der Waals surface area contributed by atoms with Crippen molar-refractivity contribution in [3.8, 4) is 6.07 Å². The van der Waals surface area contributed by atoms with Crippen LogP contribution < -0.4 is 5.32 Å². The third-order valence-electron chi connectivity index (χ3n) is 2.86. The number of anilines is 1. The number of rotatable bonds is 3. The third kappa shape index (κ3) is 2.42. The molecule has 92 valence electrons. The molecule has 0 spiro atoms. The van der Waals surface area contributed by atoms with E-state index in [1.165, 1.54) is 11.3 Å². The zero-order chi connectivity index (χ0) is 13.1. The van der Waals surface area contributed by atoms with Gasteiger partial charge in [-0.3, -0.25) is 4.98 Å². The number of hydrogen-bond acceptors (Lipinski definition) is 4. The van der Waals surface area contributed by atoms with Crippen LogP contribution in [0.2, 0.25) is 0 Å². The van der Waals surface area contributed by atoms with Gasteiger partial charge in [-0.15, -0.1) is 11.3 Å². The number of hydrogen-bond donors (Lipinski definition) is 1. The van der Waals surface area contributed by atoms with E-state index in [-0.39, 0.29) is 0 Å². The van der Waals surface area contributed by atoms with E-state index in [1.807, 2.05) is 42.5 Å². The van der Waals surface area contributed by atoms with Crippen molar-refractivity contribution in [1.82, 2.24) is 4.98 Å². The first-order chi connectivity index (χ1) is 9.36. The largest absolute Gasteiger partial charge is 0.378 e. The summed E-state index contributed by atoms with van der Waals surface area (Å²) in [6.45, 7) is 0.710. The van der Waals surface area contributed by atoms with E-state index < -0.39 is 0 Å². The standard InChI is InChI=1S/C15H11N3S/c16-9-12-6-7-13(19-12)10-18-14-5-1-3-11-4-2-8-17-15(11)14/h1-8,18H,10H2. The SMILES string of the molecule is N#Cc1ccc(CNc2cccc3cccnc23)s1. The molecule has 2 heterocycles. The summed E-state index contributed by atoms with van der Waals surface area (Å²) in [5.74, 6) is 0. The maximum atomic E-state index is 8.81. The van der Waals surface area contributed by atoms with Crippen LogP contribution in [0, 0.1) is 11.3 Å². The highest BCUT2D eigenvalue weighted by atomic mass is 32.1. The number of nitriles is 1. The van der Waals surface area contributed by atoms with Crippen molar-refractivity contribution in [3.05, 3.63) is 58.4 Å². The van der Waals surface area contributed by atoms with E-state index in [1.54, 1.807) is 6.20 Å². The summed E-state index contributed by atoms with van der Waals surface area (Å²) < 4.78 is 0. The smallest absolute Gasteiger partial charge is 0.110 e. The average Bonchev–Trinajstić information content (AvgIpc) is 2.93. The van der Waals surface area contributed by atoms with E-state index in [0.29, 0.717) is 6.54 Å². The second-order valence-electron chi connectivity index (χ2n) is 4.11. The van der Waals surface area contributed by atoms with Crippen molar-refractivity contribution in [2.45, 2.75) is 6.54 Å². The Kier molecular flexibility index (Phi) is 3.13. The molecule has 3 nitrogen and oxygen atoms in total. The van der Waals surface area contributed by atoms with Gasteiger partial charge in [-0.05, 0) is 24.3 Å². The number of thiophene rings is 1. The lowest BCUT2D eigenvalue weighted by Gasteiger charge is -2.07. The number of nitrogens with zero attached hydrogens (tertiary/aromatic N) is 2. The molecule has 0 saturated heterocycles. The van der Waals surface area contributed by atoms with Gasteiger partial charge in [0, 0.05) is 23.0 Å². The van der Waals surface area contributed by atoms with Crippen molar-refractivity contribution in [3.63, 3.8) is 0 Å². The molecule has 0 aliphatic carbocycles. The van der Waals surface area contributed by atoms with Crippen LogP contribution in [0.3, 0.4) is 0 Å². The molecule has 1 aromatic carbocycles. The van der Waals surface area contributed by atoms with Crippen molar-refractivity contribution in [2.24, 2.45) is 0 Å². The first-order valence-corrected chi connectivity index (χ1v) is 6.75. The first kappa shape index (κ1) is 11.7. The topological polar surface area (TPSA) is 48.7 Å². The molecule has 2 aromatic heterocycles. The van der Waals surface area contributed by atoms with Crippen molar-refractivity contribution < 1.29 is 0 Å². The van der Waals surface area contributed by atoms with Gasteiger partial charge in [0.2, 0.25) is 0 Å².